The standard InChI is InChI=1S/C10H19F3/c1-5-7(3)9(8(4)6-2)10(11,12)13/h7-9H,5-6H2,1-4H3/t7-,8?,9?/m0/s1. The molecule has 3 atom stereocenters. The van der Waals surface area contributed by atoms with E-state index in [1.165, 1.54) is 0 Å². The molecule has 0 aliphatic heterocycles. The second-order valence-electron chi connectivity index (χ2n) is 3.84. The highest BCUT2D eigenvalue weighted by molar-refractivity contribution is 4.77. The van der Waals surface area contributed by atoms with Gasteiger partial charge in [0, 0.05) is 0 Å². The molecule has 2 unspecified atom stereocenters. The summed E-state index contributed by atoms with van der Waals surface area (Å²) in [6.45, 7) is 6.99. The topological polar surface area (TPSA) is 0 Å². The molecule has 80 valence electrons. The molecule has 0 bridgehead atoms. The molecule has 0 radical (unpaired) electrons. The first-order chi connectivity index (χ1) is 5.84. The van der Waals surface area contributed by atoms with Gasteiger partial charge in [0.25, 0.3) is 0 Å². The van der Waals surface area contributed by atoms with Gasteiger partial charge in [0.1, 0.15) is 0 Å². The number of hydrogen-bond donors (Lipinski definition) is 0. The summed E-state index contributed by atoms with van der Waals surface area (Å²) in [7, 11) is 0. The van der Waals surface area contributed by atoms with E-state index in [0.717, 1.165) is 0 Å². The molecular formula is C10H19F3. The van der Waals surface area contributed by atoms with Crippen LogP contribution in [-0.2, 0) is 0 Å². The lowest BCUT2D eigenvalue weighted by Gasteiger charge is -2.30. The molecule has 0 saturated heterocycles. The minimum Gasteiger partial charge on any atom is -0.171 e. The average Bonchev–Trinajstić information content (AvgIpc) is 2.01. The number of halogens is 3. The zero-order chi connectivity index (χ0) is 10.6. The highest BCUT2D eigenvalue weighted by Gasteiger charge is 2.44. The highest BCUT2D eigenvalue weighted by atomic mass is 19.4. The third-order valence-corrected chi connectivity index (χ3v) is 2.89. The smallest absolute Gasteiger partial charge is 0.171 e. The second kappa shape index (κ2) is 4.87. The van der Waals surface area contributed by atoms with Crippen molar-refractivity contribution in [1.29, 1.82) is 0 Å². The molecule has 0 saturated carbocycles. The average molecular weight is 196 g/mol. The van der Waals surface area contributed by atoms with Gasteiger partial charge in [-0.2, -0.15) is 13.2 Å². The third-order valence-electron chi connectivity index (χ3n) is 2.89. The Morgan fingerprint density at radius 1 is 0.923 bits per heavy atom. The molecule has 0 spiro atoms. The number of alkyl halides is 3. The fourth-order valence-electron chi connectivity index (χ4n) is 1.71. The van der Waals surface area contributed by atoms with Crippen LogP contribution >= 0.6 is 0 Å². The van der Waals surface area contributed by atoms with Crippen LogP contribution < -0.4 is 0 Å². The molecule has 0 amide bonds. The van der Waals surface area contributed by atoms with Gasteiger partial charge in [0.05, 0.1) is 5.92 Å². The molecule has 0 fully saturated rings. The zero-order valence-corrected chi connectivity index (χ0v) is 8.78. The van der Waals surface area contributed by atoms with Gasteiger partial charge >= 0.3 is 6.18 Å². The van der Waals surface area contributed by atoms with Crippen LogP contribution in [0.5, 0.6) is 0 Å². The summed E-state index contributed by atoms with van der Waals surface area (Å²) in [5, 5.41) is 0. The van der Waals surface area contributed by atoms with Gasteiger partial charge in [-0.3, -0.25) is 0 Å². The Morgan fingerprint density at radius 3 is 1.38 bits per heavy atom. The maximum Gasteiger partial charge on any atom is 0.392 e. The fraction of sp³-hybridized carbons (Fsp3) is 1.00. The summed E-state index contributed by atoms with van der Waals surface area (Å²) >= 11 is 0. The molecule has 13 heavy (non-hydrogen) atoms. The lowest BCUT2D eigenvalue weighted by atomic mass is 9.80. The largest absolute Gasteiger partial charge is 0.392 e. The zero-order valence-electron chi connectivity index (χ0n) is 8.78. The summed E-state index contributed by atoms with van der Waals surface area (Å²) in [6, 6.07) is 0. The van der Waals surface area contributed by atoms with Gasteiger partial charge in [0.15, 0.2) is 0 Å². The summed E-state index contributed by atoms with van der Waals surface area (Å²) in [5.41, 5.74) is 0. The summed E-state index contributed by atoms with van der Waals surface area (Å²) in [4.78, 5) is 0. The minimum atomic E-state index is -4.04. The van der Waals surface area contributed by atoms with E-state index in [-0.39, 0.29) is 11.8 Å². The van der Waals surface area contributed by atoms with Crippen LogP contribution in [0.3, 0.4) is 0 Å². The van der Waals surface area contributed by atoms with Crippen molar-refractivity contribution in [3.05, 3.63) is 0 Å². The fourth-order valence-corrected chi connectivity index (χ4v) is 1.71. The van der Waals surface area contributed by atoms with Crippen LogP contribution in [0.25, 0.3) is 0 Å². The molecule has 0 rings (SSSR count). The Kier molecular flexibility index (Phi) is 4.79. The predicted octanol–water partition coefficient (Wildman–Crippen LogP) is 4.26. The van der Waals surface area contributed by atoms with E-state index in [1.54, 1.807) is 13.8 Å². The van der Waals surface area contributed by atoms with E-state index < -0.39 is 12.1 Å². The van der Waals surface area contributed by atoms with Gasteiger partial charge in [0.2, 0.25) is 0 Å². The Bertz CT molecular complexity index is 130. The van der Waals surface area contributed by atoms with E-state index in [4.69, 9.17) is 0 Å². The van der Waals surface area contributed by atoms with Crippen molar-refractivity contribution in [2.45, 2.75) is 46.7 Å². The van der Waals surface area contributed by atoms with E-state index in [0.29, 0.717) is 12.8 Å². The van der Waals surface area contributed by atoms with E-state index >= 15 is 0 Å². The highest BCUT2D eigenvalue weighted by Crippen LogP contribution is 2.39. The number of hydrogen-bond acceptors (Lipinski definition) is 0. The monoisotopic (exact) mass is 196 g/mol. The lowest BCUT2D eigenvalue weighted by Crippen LogP contribution is -2.33. The van der Waals surface area contributed by atoms with Gasteiger partial charge in [-0.1, -0.05) is 40.5 Å². The molecule has 0 N–H and O–H groups in total. The van der Waals surface area contributed by atoms with Gasteiger partial charge < -0.3 is 0 Å². The van der Waals surface area contributed by atoms with Crippen molar-refractivity contribution >= 4 is 0 Å². The second-order valence-corrected chi connectivity index (χ2v) is 3.84. The van der Waals surface area contributed by atoms with E-state index in [9.17, 15) is 13.2 Å². The Labute approximate surface area is 78.5 Å². The van der Waals surface area contributed by atoms with Crippen molar-refractivity contribution in [3.8, 4) is 0 Å². The number of rotatable bonds is 4. The SMILES string of the molecule is CCC(C)C([C@@H](C)CC)C(F)(F)F. The molecule has 0 heterocycles. The normalized spacial score (nSPS) is 19.6. The summed E-state index contributed by atoms with van der Waals surface area (Å²) in [5.74, 6) is -1.67. The summed E-state index contributed by atoms with van der Waals surface area (Å²) < 4.78 is 37.8. The van der Waals surface area contributed by atoms with Gasteiger partial charge in [-0.05, 0) is 11.8 Å². The molecule has 3 heteroatoms. The summed E-state index contributed by atoms with van der Waals surface area (Å²) in [6.07, 6.45) is -2.85. The third kappa shape index (κ3) is 3.57. The van der Waals surface area contributed by atoms with Crippen LogP contribution in [0.15, 0.2) is 0 Å². The van der Waals surface area contributed by atoms with Crippen LogP contribution in [0.4, 0.5) is 13.2 Å². The Morgan fingerprint density at radius 2 is 1.23 bits per heavy atom. The lowest BCUT2D eigenvalue weighted by molar-refractivity contribution is -0.201. The van der Waals surface area contributed by atoms with Crippen LogP contribution in [0.2, 0.25) is 0 Å². The van der Waals surface area contributed by atoms with Crippen LogP contribution in [0, 0.1) is 17.8 Å². The van der Waals surface area contributed by atoms with E-state index in [2.05, 4.69) is 0 Å². The van der Waals surface area contributed by atoms with Crippen LogP contribution in [-0.4, -0.2) is 6.18 Å². The Hall–Kier alpha value is -0.210. The van der Waals surface area contributed by atoms with Crippen molar-refractivity contribution in [3.63, 3.8) is 0 Å². The molecular weight excluding hydrogens is 177 g/mol. The van der Waals surface area contributed by atoms with Gasteiger partial charge in [-0.25, -0.2) is 0 Å². The Balaban J connectivity index is 4.55. The quantitative estimate of drug-likeness (QED) is 0.630. The molecule has 0 aromatic carbocycles. The first kappa shape index (κ1) is 12.8. The predicted molar refractivity (Wildman–Crippen MR) is 48.5 cm³/mol. The molecule has 0 aromatic rings. The van der Waals surface area contributed by atoms with Crippen LogP contribution in [0.1, 0.15) is 40.5 Å². The van der Waals surface area contributed by atoms with Gasteiger partial charge in [-0.15, -0.1) is 0 Å². The molecule has 0 aromatic heterocycles. The molecule has 0 aliphatic carbocycles. The minimum absolute atomic E-state index is 0.269. The first-order valence-corrected chi connectivity index (χ1v) is 4.91. The molecule has 0 aliphatic rings. The maximum absolute atomic E-state index is 12.6. The maximum atomic E-state index is 12.6. The van der Waals surface area contributed by atoms with Crippen molar-refractivity contribution < 1.29 is 13.2 Å². The van der Waals surface area contributed by atoms with Crippen molar-refractivity contribution in [1.82, 2.24) is 0 Å². The van der Waals surface area contributed by atoms with E-state index in [1.807, 2.05) is 13.8 Å². The molecule has 0 nitrogen and oxygen atoms in total. The van der Waals surface area contributed by atoms with Crippen molar-refractivity contribution in [2.24, 2.45) is 17.8 Å². The first-order valence-electron chi connectivity index (χ1n) is 4.91. The van der Waals surface area contributed by atoms with Crippen molar-refractivity contribution in [2.75, 3.05) is 0 Å².